The summed E-state index contributed by atoms with van der Waals surface area (Å²) in [5.41, 5.74) is 1.51. The van der Waals surface area contributed by atoms with E-state index < -0.39 is 0 Å². The van der Waals surface area contributed by atoms with Gasteiger partial charge in [0.15, 0.2) is 5.78 Å². The van der Waals surface area contributed by atoms with E-state index in [-0.39, 0.29) is 17.5 Å². The van der Waals surface area contributed by atoms with E-state index in [0.29, 0.717) is 6.54 Å². The maximum absolute atomic E-state index is 13.8. The number of benzene rings is 2. The van der Waals surface area contributed by atoms with E-state index in [1.54, 1.807) is 6.07 Å². The number of likely N-dealkylation sites (tertiary alicyclic amines) is 1. The van der Waals surface area contributed by atoms with Crippen molar-refractivity contribution < 1.29 is 9.18 Å². The van der Waals surface area contributed by atoms with E-state index in [4.69, 9.17) is 0 Å². The normalized spacial score (nSPS) is 18.8. The van der Waals surface area contributed by atoms with Crippen LogP contribution in [-0.4, -0.2) is 30.3 Å². The van der Waals surface area contributed by atoms with Crippen LogP contribution in [0.15, 0.2) is 54.6 Å². The number of nitrogens with zero attached hydrogens (tertiary/aromatic N) is 1. The molecule has 1 aliphatic rings. The molecule has 21 heavy (non-hydrogen) atoms. The first kappa shape index (κ1) is 14.0. The molecule has 1 unspecified atom stereocenters. The van der Waals surface area contributed by atoms with Crippen LogP contribution < -0.4 is 0 Å². The molecule has 1 fully saturated rings. The predicted octanol–water partition coefficient (Wildman–Crippen LogP) is 3.50. The minimum atomic E-state index is -0.140. The molecule has 0 amide bonds. The summed E-state index contributed by atoms with van der Waals surface area (Å²) in [5.74, 6) is 0.179. The second-order valence-corrected chi connectivity index (χ2v) is 5.53. The molecular weight excluding hydrogens is 265 g/mol. The lowest BCUT2D eigenvalue weighted by atomic mass is 9.98. The van der Waals surface area contributed by atoms with Crippen LogP contribution in [-0.2, 0) is 0 Å². The van der Waals surface area contributed by atoms with Gasteiger partial charge >= 0.3 is 0 Å². The number of Topliss-reactive ketones (excluding diaryl/α,β-unsaturated/α-hetero) is 1. The molecule has 0 bridgehead atoms. The fraction of sp³-hybridized carbons (Fsp3) is 0.278. The Morgan fingerprint density at radius 1 is 1.10 bits per heavy atom. The molecule has 3 heteroatoms. The van der Waals surface area contributed by atoms with Crippen molar-refractivity contribution in [1.29, 1.82) is 0 Å². The maximum atomic E-state index is 13.8. The molecule has 0 radical (unpaired) electrons. The monoisotopic (exact) mass is 283 g/mol. The zero-order chi connectivity index (χ0) is 14.7. The van der Waals surface area contributed by atoms with Gasteiger partial charge in [0.1, 0.15) is 5.82 Å². The first-order chi connectivity index (χ1) is 10.2. The second kappa shape index (κ2) is 6.19. The van der Waals surface area contributed by atoms with Crippen LogP contribution in [0.2, 0.25) is 0 Å². The Labute approximate surface area is 124 Å². The van der Waals surface area contributed by atoms with Gasteiger partial charge in [-0.25, -0.2) is 4.39 Å². The van der Waals surface area contributed by atoms with E-state index >= 15 is 0 Å². The van der Waals surface area contributed by atoms with Crippen LogP contribution in [0, 0.1) is 5.82 Å². The number of hydrogen-bond donors (Lipinski definition) is 0. The van der Waals surface area contributed by atoms with Crippen molar-refractivity contribution in [1.82, 2.24) is 4.90 Å². The minimum absolute atomic E-state index is 0.129. The summed E-state index contributed by atoms with van der Waals surface area (Å²) in [7, 11) is 0. The van der Waals surface area contributed by atoms with Crippen molar-refractivity contribution in [2.45, 2.75) is 12.3 Å². The molecule has 3 rings (SSSR count). The standard InChI is InChI=1S/C18H18FNO/c19-17-9-5-4-8-16(17)15-10-11-20(12-15)13-18(21)14-6-2-1-3-7-14/h1-9,15H,10-13H2. The molecule has 1 atom stereocenters. The number of carbonyl (C=O) groups excluding carboxylic acids is 1. The number of halogens is 1. The van der Waals surface area contributed by atoms with Gasteiger partial charge < -0.3 is 0 Å². The molecule has 2 aromatic carbocycles. The molecule has 2 nitrogen and oxygen atoms in total. The van der Waals surface area contributed by atoms with Crippen molar-refractivity contribution in [3.63, 3.8) is 0 Å². The zero-order valence-corrected chi connectivity index (χ0v) is 11.8. The Bertz CT molecular complexity index is 626. The molecule has 1 aliphatic heterocycles. The first-order valence-corrected chi connectivity index (χ1v) is 7.29. The third-order valence-corrected chi connectivity index (χ3v) is 4.08. The maximum Gasteiger partial charge on any atom is 0.176 e. The van der Waals surface area contributed by atoms with Crippen LogP contribution in [0.4, 0.5) is 4.39 Å². The summed E-state index contributed by atoms with van der Waals surface area (Å²) in [4.78, 5) is 14.3. The number of hydrogen-bond acceptors (Lipinski definition) is 2. The van der Waals surface area contributed by atoms with E-state index in [1.165, 1.54) is 6.07 Å². The summed E-state index contributed by atoms with van der Waals surface area (Å²) in [6.07, 6.45) is 0.906. The summed E-state index contributed by atoms with van der Waals surface area (Å²) in [5, 5.41) is 0. The van der Waals surface area contributed by atoms with E-state index in [0.717, 1.165) is 30.6 Å². The first-order valence-electron chi connectivity index (χ1n) is 7.29. The van der Waals surface area contributed by atoms with Gasteiger partial charge in [-0.05, 0) is 24.6 Å². The fourth-order valence-corrected chi connectivity index (χ4v) is 2.95. The van der Waals surface area contributed by atoms with Crippen LogP contribution in [0.1, 0.15) is 28.3 Å². The van der Waals surface area contributed by atoms with Crippen molar-refractivity contribution in [2.24, 2.45) is 0 Å². The smallest absolute Gasteiger partial charge is 0.176 e. The lowest BCUT2D eigenvalue weighted by molar-refractivity contribution is 0.0944. The molecule has 1 heterocycles. The van der Waals surface area contributed by atoms with Crippen LogP contribution in [0.3, 0.4) is 0 Å². The van der Waals surface area contributed by atoms with Crippen LogP contribution in [0.5, 0.6) is 0 Å². The SMILES string of the molecule is O=C(CN1CCC(c2ccccc2F)C1)c1ccccc1. The average molecular weight is 283 g/mol. The highest BCUT2D eigenvalue weighted by molar-refractivity contribution is 5.97. The topological polar surface area (TPSA) is 20.3 Å². The lowest BCUT2D eigenvalue weighted by Gasteiger charge is -2.15. The van der Waals surface area contributed by atoms with Crippen LogP contribution >= 0.6 is 0 Å². The molecule has 1 saturated heterocycles. The largest absolute Gasteiger partial charge is 0.295 e. The highest BCUT2D eigenvalue weighted by atomic mass is 19.1. The van der Waals surface area contributed by atoms with Gasteiger partial charge in [-0.15, -0.1) is 0 Å². The van der Waals surface area contributed by atoms with Gasteiger partial charge in [0.25, 0.3) is 0 Å². The fourth-order valence-electron chi connectivity index (χ4n) is 2.95. The molecule has 2 aromatic rings. The highest BCUT2D eigenvalue weighted by Gasteiger charge is 2.27. The summed E-state index contributed by atoms with van der Waals surface area (Å²) in [6.45, 7) is 2.01. The molecular formula is C18H18FNO. The molecule has 0 saturated carbocycles. The number of carbonyl (C=O) groups is 1. The van der Waals surface area contributed by atoms with E-state index in [2.05, 4.69) is 4.90 Å². The van der Waals surface area contributed by atoms with Crippen molar-refractivity contribution >= 4 is 5.78 Å². The molecule has 108 valence electrons. The average Bonchev–Trinajstić information content (AvgIpc) is 2.97. The summed E-state index contributed by atoms with van der Waals surface area (Å²) < 4.78 is 13.8. The molecule has 0 N–H and O–H groups in total. The summed E-state index contributed by atoms with van der Waals surface area (Å²) in [6, 6.07) is 16.3. The zero-order valence-electron chi connectivity index (χ0n) is 11.8. The van der Waals surface area contributed by atoms with Gasteiger partial charge in [0, 0.05) is 18.0 Å². The van der Waals surface area contributed by atoms with E-state index in [1.807, 2.05) is 42.5 Å². The molecule has 0 aliphatic carbocycles. The third kappa shape index (κ3) is 3.19. The highest BCUT2D eigenvalue weighted by Crippen LogP contribution is 2.28. The van der Waals surface area contributed by atoms with Gasteiger partial charge in [0.05, 0.1) is 6.54 Å². The Morgan fingerprint density at radius 3 is 2.57 bits per heavy atom. The second-order valence-electron chi connectivity index (χ2n) is 5.53. The van der Waals surface area contributed by atoms with Crippen molar-refractivity contribution in [3.05, 3.63) is 71.5 Å². The van der Waals surface area contributed by atoms with Crippen LogP contribution in [0.25, 0.3) is 0 Å². The van der Waals surface area contributed by atoms with Gasteiger partial charge in [-0.2, -0.15) is 0 Å². The lowest BCUT2D eigenvalue weighted by Crippen LogP contribution is -2.27. The van der Waals surface area contributed by atoms with Crippen molar-refractivity contribution in [2.75, 3.05) is 19.6 Å². The predicted molar refractivity (Wildman–Crippen MR) is 81.0 cm³/mol. The Morgan fingerprint density at radius 2 is 1.81 bits per heavy atom. The quantitative estimate of drug-likeness (QED) is 0.800. The molecule has 0 aromatic heterocycles. The Hall–Kier alpha value is -2.00. The molecule has 0 spiro atoms. The van der Waals surface area contributed by atoms with E-state index in [9.17, 15) is 9.18 Å². The Kier molecular flexibility index (Phi) is 4.11. The Balaban J connectivity index is 1.63. The van der Waals surface area contributed by atoms with Gasteiger partial charge in [0.2, 0.25) is 0 Å². The number of ketones is 1. The number of rotatable bonds is 4. The summed E-state index contributed by atoms with van der Waals surface area (Å²) >= 11 is 0. The minimum Gasteiger partial charge on any atom is -0.295 e. The van der Waals surface area contributed by atoms with Gasteiger partial charge in [-0.1, -0.05) is 48.5 Å². The van der Waals surface area contributed by atoms with Gasteiger partial charge in [-0.3, -0.25) is 9.69 Å². The van der Waals surface area contributed by atoms with Crippen molar-refractivity contribution in [3.8, 4) is 0 Å². The third-order valence-electron chi connectivity index (χ3n) is 4.08.